The molecule has 2 amide bonds. The Morgan fingerprint density at radius 3 is 2.06 bits per heavy atom. The quantitative estimate of drug-likeness (QED) is 0.0938. The van der Waals surface area contributed by atoms with Crippen molar-refractivity contribution in [3.63, 3.8) is 0 Å². The van der Waals surface area contributed by atoms with Crippen LogP contribution < -0.4 is 26.8 Å². The van der Waals surface area contributed by atoms with Gasteiger partial charge >= 0.3 is 0 Å². The minimum absolute atomic E-state index is 0.0925. The molecule has 0 aliphatic heterocycles. The summed E-state index contributed by atoms with van der Waals surface area (Å²) in [6.07, 6.45) is -1.61. The first-order valence-electron chi connectivity index (χ1n) is 15.0. The first-order chi connectivity index (χ1) is 22.2. The van der Waals surface area contributed by atoms with Crippen LogP contribution in [-0.4, -0.2) is 74.3 Å². The van der Waals surface area contributed by atoms with Gasteiger partial charge in [0.15, 0.2) is 23.2 Å². The van der Waals surface area contributed by atoms with Gasteiger partial charge in [0.05, 0.1) is 12.1 Å². The number of nitrogens with one attached hydrogen (secondary N) is 2. The van der Waals surface area contributed by atoms with Gasteiger partial charge in [0.25, 0.3) is 18.2 Å². The number of ether oxygens (including phenoxy) is 2. The first kappa shape index (κ1) is 39.2. The van der Waals surface area contributed by atoms with Gasteiger partial charge in [-0.25, -0.2) is 17.6 Å². The van der Waals surface area contributed by atoms with Gasteiger partial charge < -0.3 is 31.6 Å². The number of unbranched alkanes of at least 4 members (excludes halogenated alkanes) is 2. The molecule has 0 heterocycles. The van der Waals surface area contributed by atoms with E-state index in [1.165, 1.54) is 39.2 Å². The normalized spacial score (nSPS) is 12.8. The number of rotatable bonds is 20. The van der Waals surface area contributed by atoms with Gasteiger partial charge in [-0.05, 0) is 89.2 Å². The summed E-state index contributed by atoms with van der Waals surface area (Å²) in [6, 6.07) is 2.77. The maximum Gasteiger partial charge on any atom is 0.298 e. The van der Waals surface area contributed by atoms with Crippen LogP contribution >= 0.6 is 0 Å². The van der Waals surface area contributed by atoms with E-state index in [1.54, 1.807) is 0 Å². The summed E-state index contributed by atoms with van der Waals surface area (Å²) in [5.74, 6) is -9.67. The lowest BCUT2D eigenvalue weighted by atomic mass is 10.0. The van der Waals surface area contributed by atoms with Crippen LogP contribution in [0.25, 0.3) is 11.1 Å². The zero-order valence-electron chi connectivity index (χ0n) is 26.5. The second-order valence-corrected chi connectivity index (χ2v) is 11.2. The highest BCUT2D eigenvalue weighted by molar-refractivity contribution is 5.99. The zero-order valence-corrected chi connectivity index (χ0v) is 26.5. The van der Waals surface area contributed by atoms with Crippen LogP contribution in [0.2, 0.25) is 0 Å². The van der Waals surface area contributed by atoms with Crippen LogP contribution in [0, 0.1) is 17.5 Å². The number of carbonyl (C=O) groups excluding carboxylic acids is 4. The predicted molar refractivity (Wildman–Crippen MR) is 163 cm³/mol. The molecule has 0 aliphatic carbocycles. The molecule has 0 bridgehead atoms. The molecule has 2 unspecified atom stereocenters. The Morgan fingerprint density at radius 2 is 1.49 bits per heavy atom. The fourth-order valence-corrected chi connectivity index (χ4v) is 4.39. The molecular formula is C32H41F5N4O6. The van der Waals surface area contributed by atoms with Gasteiger partial charge in [0.2, 0.25) is 11.6 Å². The van der Waals surface area contributed by atoms with Gasteiger partial charge in [0, 0.05) is 18.2 Å². The fourth-order valence-electron chi connectivity index (χ4n) is 4.39. The van der Waals surface area contributed by atoms with Crippen molar-refractivity contribution in [3.05, 3.63) is 53.3 Å². The van der Waals surface area contributed by atoms with Crippen molar-refractivity contribution < 1.29 is 50.6 Å². The van der Waals surface area contributed by atoms with E-state index in [0.717, 1.165) is 6.07 Å². The number of methoxy groups -OCH3 is 1. The average molecular weight is 673 g/mol. The van der Waals surface area contributed by atoms with E-state index in [9.17, 15) is 36.7 Å². The summed E-state index contributed by atoms with van der Waals surface area (Å²) < 4.78 is 81.6. The number of halogens is 5. The van der Waals surface area contributed by atoms with E-state index < -0.39 is 82.9 Å². The largest absolute Gasteiger partial charge is 0.479 e. The van der Waals surface area contributed by atoms with Gasteiger partial charge in [-0.15, -0.1) is 0 Å². The number of nitrogens with two attached hydrogens (primary N) is 2. The van der Waals surface area contributed by atoms with Crippen LogP contribution in [0.5, 0.6) is 5.75 Å². The number of hydrogen-bond acceptors (Lipinski definition) is 8. The number of alkyl halides is 2. The molecule has 0 spiro atoms. The van der Waals surface area contributed by atoms with Crippen molar-refractivity contribution in [2.45, 2.75) is 76.5 Å². The highest BCUT2D eigenvalue weighted by Crippen LogP contribution is 2.34. The van der Waals surface area contributed by atoms with E-state index in [2.05, 4.69) is 10.6 Å². The third-order valence-electron chi connectivity index (χ3n) is 7.42. The highest BCUT2D eigenvalue weighted by Gasteiger charge is 2.32. The van der Waals surface area contributed by atoms with Gasteiger partial charge in [-0.3, -0.25) is 19.2 Å². The average Bonchev–Trinajstić information content (AvgIpc) is 3.04. The van der Waals surface area contributed by atoms with E-state index in [0.29, 0.717) is 31.9 Å². The smallest absolute Gasteiger partial charge is 0.298 e. The van der Waals surface area contributed by atoms with Crippen LogP contribution in [0.15, 0.2) is 30.3 Å². The van der Waals surface area contributed by atoms with Gasteiger partial charge in [-0.2, -0.15) is 4.39 Å². The second-order valence-electron chi connectivity index (χ2n) is 11.2. The molecule has 0 aromatic heterocycles. The summed E-state index contributed by atoms with van der Waals surface area (Å²) in [6.45, 7) is 2.59. The molecule has 0 saturated heterocycles. The fraction of sp³-hybridized carbons (Fsp3) is 0.500. The van der Waals surface area contributed by atoms with Crippen molar-refractivity contribution in [2.24, 2.45) is 11.5 Å². The summed E-state index contributed by atoms with van der Waals surface area (Å²) in [5, 5.41) is 4.78. The van der Waals surface area contributed by atoms with Gasteiger partial charge in [0.1, 0.15) is 12.2 Å². The lowest BCUT2D eigenvalue weighted by molar-refractivity contribution is -0.142. The summed E-state index contributed by atoms with van der Waals surface area (Å²) in [5.41, 5.74) is 8.78. The monoisotopic (exact) mass is 672 g/mol. The van der Waals surface area contributed by atoms with Crippen molar-refractivity contribution >= 4 is 23.4 Å². The van der Waals surface area contributed by atoms with Crippen molar-refractivity contribution in [1.82, 2.24) is 10.6 Å². The number of ketones is 2. The molecule has 0 fully saturated rings. The standard InChI is InChI=1S/C32H41F5N4O6/c1-32(2,46-3)31(45)41-22(11-4-6-13-38)24(42)17-47-28-25(34)20(16-21(33)26(28)35)18-9-8-10-19(15-18)30(44)40-23(12-5-7-14-39)27(43)29(36)37/h8-10,15-16,22-23,29H,4-7,11-14,17,38-39H2,1-3H3,(H,40,44)(H,41,45). The summed E-state index contributed by atoms with van der Waals surface area (Å²) in [4.78, 5) is 50.5. The minimum Gasteiger partial charge on any atom is -0.479 e. The van der Waals surface area contributed by atoms with Crippen molar-refractivity contribution in [1.29, 1.82) is 0 Å². The van der Waals surface area contributed by atoms with Crippen molar-refractivity contribution in [3.8, 4) is 16.9 Å². The third-order valence-corrected chi connectivity index (χ3v) is 7.42. The molecule has 0 aliphatic rings. The molecule has 10 nitrogen and oxygen atoms in total. The number of benzene rings is 2. The van der Waals surface area contributed by atoms with Crippen LogP contribution in [-0.2, 0) is 19.1 Å². The Kier molecular flexibility index (Phi) is 15.4. The summed E-state index contributed by atoms with van der Waals surface area (Å²) in [7, 11) is 1.30. The SMILES string of the molecule is COC(C)(C)C(=O)NC(CCCCN)C(=O)COc1c(F)c(F)cc(-c2cccc(C(=O)NC(CCCCN)C(=O)C(F)F)c2)c1F. The van der Waals surface area contributed by atoms with E-state index >= 15 is 4.39 Å². The van der Waals surface area contributed by atoms with Crippen LogP contribution in [0.1, 0.15) is 62.7 Å². The highest BCUT2D eigenvalue weighted by atomic mass is 19.3. The molecular weight excluding hydrogens is 631 g/mol. The van der Waals surface area contributed by atoms with E-state index in [4.69, 9.17) is 20.9 Å². The third kappa shape index (κ3) is 11.1. The summed E-state index contributed by atoms with van der Waals surface area (Å²) >= 11 is 0. The number of hydrogen-bond donors (Lipinski definition) is 4. The molecule has 0 radical (unpaired) electrons. The number of carbonyl (C=O) groups is 4. The van der Waals surface area contributed by atoms with Crippen LogP contribution in [0.3, 0.4) is 0 Å². The molecule has 47 heavy (non-hydrogen) atoms. The van der Waals surface area contributed by atoms with E-state index in [1.807, 2.05) is 0 Å². The Labute approximate surface area is 269 Å². The predicted octanol–water partition coefficient (Wildman–Crippen LogP) is 3.82. The maximum absolute atomic E-state index is 15.6. The number of amides is 2. The minimum atomic E-state index is -3.33. The number of Topliss-reactive ketones (excluding diaryl/α,β-unsaturated/α-hetero) is 2. The Balaban J connectivity index is 2.34. The molecule has 2 aromatic rings. The molecule has 6 N–H and O–H groups in total. The van der Waals surface area contributed by atoms with E-state index in [-0.39, 0.29) is 36.9 Å². The Hall–Kier alpha value is -3.95. The maximum atomic E-state index is 15.6. The van der Waals surface area contributed by atoms with Gasteiger partial charge in [-0.1, -0.05) is 12.1 Å². The second kappa shape index (κ2) is 18.4. The molecule has 2 aromatic carbocycles. The lowest BCUT2D eigenvalue weighted by Crippen LogP contribution is -2.51. The molecule has 2 rings (SSSR count). The molecule has 0 saturated carbocycles. The zero-order chi connectivity index (χ0) is 35.3. The molecule has 260 valence electrons. The van der Waals surface area contributed by atoms with Crippen molar-refractivity contribution in [2.75, 3.05) is 26.8 Å². The molecule has 2 atom stereocenters. The first-order valence-corrected chi connectivity index (χ1v) is 15.0. The Bertz CT molecular complexity index is 1410. The topological polar surface area (TPSA) is 163 Å². The lowest BCUT2D eigenvalue weighted by Gasteiger charge is -2.26. The Morgan fingerprint density at radius 1 is 0.872 bits per heavy atom. The molecule has 15 heteroatoms. The van der Waals surface area contributed by atoms with Crippen LogP contribution in [0.4, 0.5) is 22.0 Å².